The monoisotopic (exact) mass is 389 g/mol. The van der Waals surface area contributed by atoms with Crippen LogP contribution in [0.1, 0.15) is 19.3 Å². The van der Waals surface area contributed by atoms with Crippen LogP contribution in [0.4, 0.5) is 0 Å². The van der Waals surface area contributed by atoms with E-state index in [0.717, 1.165) is 0 Å². The van der Waals surface area contributed by atoms with Gasteiger partial charge in [0, 0.05) is 32.1 Å². The number of amides is 1. The van der Waals surface area contributed by atoms with E-state index in [1.54, 1.807) is 17.0 Å². The second-order valence-corrected chi connectivity index (χ2v) is 6.73. The van der Waals surface area contributed by atoms with Crippen LogP contribution in [0.15, 0.2) is 23.3 Å². The number of aromatic nitrogens is 2. The summed E-state index contributed by atoms with van der Waals surface area (Å²) in [6.07, 6.45) is 2.66. The second-order valence-electron chi connectivity index (χ2n) is 6.73. The lowest BCUT2D eigenvalue weighted by molar-refractivity contribution is -0.141. The standard InChI is InChI=1S/C19H23N3O6/c1-27-15-8-13-14(9-16(15)28-2)20-11-22(18(13)24)6-3-4-17(23)21-7-5-12(10-21)19(25)26/h8-9,11-12H,3-7,10H2,1-2H3,(H,25,26)/t12-/m0/s1. The van der Waals surface area contributed by atoms with Crippen LogP contribution < -0.4 is 15.0 Å². The van der Waals surface area contributed by atoms with Gasteiger partial charge in [0.05, 0.1) is 37.4 Å². The van der Waals surface area contributed by atoms with Crippen LogP contribution in [0.5, 0.6) is 11.5 Å². The van der Waals surface area contributed by atoms with E-state index in [0.29, 0.717) is 48.3 Å². The topological polar surface area (TPSA) is 111 Å². The fraction of sp³-hybridized carbons (Fsp3) is 0.474. The number of nitrogens with zero attached hydrogens (tertiary/aromatic N) is 3. The van der Waals surface area contributed by atoms with Gasteiger partial charge in [0.2, 0.25) is 5.91 Å². The van der Waals surface area contributed by atoms with Crippen LogP contribution in [0.25, 0.3) is 10.9 Å². The average Bonchev–Trinajstić information content (AvgIpc) is 3.19. The lowest BCUT2D eigenvalue weighted by Gasteiger charge is -2.16. The minimum atomic E-state index is -0.865. The number of aliphatic carboxylic acids is 1. The molecule has 0 aliphatic carbocycles. The third-order valence-corrected chi connectivity index (χ3v) is 5.01. The molecule has 1 aliphatic rings. The number of carbonyl (C=O) groups is 2. The van der Waals surface area contributed by atoms with Gasteiger partial charge in [0.15, 0.2) is 11.5 Å². The highest BCUT2D eigenvalue weighted by Crippen LogP contribution is 2.29. The number of carboxylic acid groups (broad SMARTS) is 1. The van der Waals surface area contributed by atoms with Crippen molar-refractivity contribution in [3.8, 4) is 11.5 Å². The molecule has 0 radical (unpaired) electrons. The first-order valence-corrected chi connectivity index (χ1v) is 9.06. The van der Waals surface area contributed by atoms with Crippen molar-refractivity contribution in [2.24, 2.45) is 5.92 Å². The van der Waals surface area contributed by atoms with Crippen LogP contribution in [0.2, 0.25) is 0 Å². The zero-order chi connectivity index (χ0) is 20.3. The Morgan fingerprint density at radius 3 is 2.61 bits per heavy atom. The zero-order valence-electron chi connectivity index (χ0n) is 15.9. The SMILES string of the molecule is COc1cc2ncn(CCCC(=O)N3CC[C@H](C(=O)O)C3)c(=O)c2cc1OC. The van der Waals surface area contributed by atoms with Gasteiger partial charge in [-0.25, -0.2) is 4.98 Å². The van der Waals surface area contributed by atoms with Gasteiger partial charge >= 0.3 is 5.97 Å². The van der Waals surface area contributed by atoms with E-state index in [9.17, 15) is 14.4 Å². The van der Waals surface area contributed by atoms with Gasteiger partial charge in [-0.1, -0.05) is 0 Å². The first-order chi connectivity index (χ1) is 13.4. The first-order valence-electron chi connectivity index (χ1n) is 9.06. The van der Waals surface area contributed by atoms with E-state index in [-0.39, 0.29) is 24.4 Å². The average molecular weight is 389 g/mol. The van der Waals surface area contributed by atoms with Gasteiger partial charge in [-0.05, 0) is 18.9 Å². The number of aryl methyl sites for hydroxylation is 1. The molecule has 9 nitrogen and oxygen atoms in total. The molecule has 1 atom stereocenters. The third-order valence-electron chi connectivity index (χ3n) is 5.01. The Morgan fingerprint density at radius 1 is 1.25 bits per heavy atom. The molecule has 150 valence electrons. The molecular weight excluding hydrogens is 366 g/mol. The van der Waals surface area contributed by atoms with Gasteiger partial charge in [0.1, 0.15) is 0 Å². The first kappa shape index (κ1) is 19.7. The Labute approximate surface area is 161 Å². The summed E-state index contributed by atoms with van der Waals surface area (Å²) in [4.78, 5) is 41.8. The lowest BCUT2D eigenvalue weighted by Crippen LogP contribution is -2.30. The minimum Gasteiger partial charge on any atom is -0.493 e. The van der Waals surface area contributed by atoms with E-state index < -0.39 is 11.9 Å². The summed E-state index contributed by atoms with van der Waals surface area (Å²) in [5.41, 5.74) is 0.289. The van der Waals surface area contributed by atoms with E-state index in [1.807, 2.05) is 0 Å². The highest BCUT2D eigenvalue weighted by Gasteiger charge is 2.30. The van der Waals surface area contributed by atoms with Gasteiger partial charge in [0.25, 0.3) is 5.56 Å². The largest absolute Gasteiger partial charge is 0.493 e. The Bertz CT molecular complexity index is 955. The molecule has 0 unspecified atom stereocenters. The number of rotatable bonds is 7. The van der Waals surface area contributed by atoms with Crippen LogP contribution in [-0.4, -0.2) is 58.7 Å². The molecule has 9 heteroatoms. The van der Waals surface area contributed by atoms with Crippen LogP contribution >= 0.6 is 0 Å². The van der Waals surface area contributed by atoms with Gasteiger partial charge in [-0.2, -0.15) is 0 Å². The van der Waals surface area contributed by atoms with Crippen molar-refractivity contribution < 1.29 is 24.2 Å². The Balaban J connectivity index is 1.66. The molecule has 3 rings (SSSR count). The maximum atomic E-state index is 12.7. The molecule has 0 saturated carbocycles. The number of benzene rings is 1. The molecular formula is C19H23N3O6. The molecule has 2 heterocycles. The highest BCUT2D eigenvalue weighted by atomic mass is 16.5. The van der Waals surface area contributed by atoms with Gasteiger partial charge in [-0.15, -0.1) is 0 Å². The smallest absolute Gasteiger partial charge is 0.308 e. The number of methoxy groups -OCH3 is 2. The minimum absolute atomic E-state index is 0.0862. The molecule has 2 aromatic rings. The lowest BCUT2D eigenvalue weighted by atomic mass is 10.1. The normalized spacial score (nSPS) is 16.4. The zero-order valence-corrected chi connectivity index (χ0v) is 15.9. The predicted octanol–water partition coefficient (Wildman–Crippen LogP) is 1.13. The van der Waals surface area contributed by atoms with E-state index >= 15 is 0 Å². The summed E-state index contributed by atoms with van der Waals surface area (Å²) in [5.74, 6) is -0.490. The van der Waals surface area contributed by atoms with Crippen molar-refractivity contribution in [3.05, 3.63) is 28.8 Å². The van der Waals surface area contributed by atoms with Crippen LogP contribution in [0, 0.1) is 5.92 Å². The summed E-state index contributed by atoms with van der Waals surface area (Å²) < 4.78 is 11.9. The molecule has 1 fully saturated rings. The summed E-state index contributed by atoms with van der Waals surface area (Å²) in [6.45, 7) is 1.07. The second kappa shape index (κ2) is 8.28. The van der Waals surface area contributed by atoms with Crippen molar-refractivity contribution in [2.45, 2.75) is 25.8 Å². The highest BCUT2D eigenvalue weighted by molar-refractivity contribution is 5.81. The quantitative estimate of drug-likeness (QED) is 0.755. The number of likely N-dealkylation sites (tertiary alicyclic amines) is 1. The summed E-state index contributed by atoms with van der Waals surface area (Å²) in [6, 6.07) is 3.25. The van der Waals surface area contributed by atoms with Crippen molar-refractivity contribution in [3.63, 3.8) is 0 Å². The maximum absolute atomic E-state index is 12.7. The van der Waals surface area contributed by atoms with Crippen LogP contribution in [-0.2, 0) is 16.1 Å². The summed E-state index contributed by atoms with van der Waals surface area (Å²) in [5, 5.41) is 9.44. The molecule has 1 saturated heterocycles. The molecule has 1 aromatic heterocycles. The number of carbonyl (C=O) groups excluding carboxylic acids is 1. The molecule has 0 spiro atoms. The van der Waals surface area contributed by atoms with Crippen molar-refractivity contribution in [1.82, 2.24) is 14.5 Å². The van der Waals surface area contributed by atoms with Crippen LogP contribution in [0.3, 0.4) is 0 Å². The predicted molar refractivity (Wildman–Crippen MR) is 101 cm³/mol. The van der Waals surface area contributed by atoms with E-state index in [1.165, 1.54) is 25.1 Å². The fourth-order valence-electron chi connectivity index (χ4n) is 3.39. The molecule has 1 aliphatic heterocycles. The van der Waals surface area contributed by atoms with Crippen molar-refractivity contribution in [1.29, 1.82) is 0 Å². The molecule has 1 N–H and O–H groups in total. The van der Waals surface area contributed by atoms with E-state index in [4.69, 9.17) is 14.6 Å². The molecule has 0 bridgehead atoms. The molecule has 1 amide bonds. The number of hydrogen-bond acceptors (Lipinski definition) is 6. The molecule has 28 heavy (non-hydrogen) atoms. The fourth-order valence-corrected chi connectivity index (χ4v) is 3.39. The Hall–Kier alpha value is -3.10. The summed E-state index contributed by atoms with van der Waals surface area (Å²) >= 11 is 0. The third kappa shape index (κ3) is 3.92. The van der Waals surface area contributed by atoms with Gasteiger partial charge < -0.3 is 19.5 Å². The number of ether oxygens (including phenoxy) is 2. The van der Waals surface area contributed by atoms with Gasteiger partial charge in [-0.3, -0.25) is 19.0 Å². The van der Waals surface area contributed by atoms with Crippen molar-refractivity contribution >= 4 is 22.8 Å². The Morgan fingerprint density at radius 2 is 1.96 bits per heavy atom. The number of hydrogen-bond donors (Lipinski definition) is 1. The molecule has 1 aromatic carbocycles. The summed E-state index contributed by atoms with van der Waals surface area (Å²) in [7, 11) is 3.01. The maximum Gasteiger partial charge on any atom is 0.308 e. The van der Waals surface area contributed by atoms with Crippen molar-refractivity contribution in [2.75, 3.05) is 27.3 Å². The van der Waals surface area contributed by atoms with E-state index in [2.05, 4.69) is 4.98 Å². The Kier molecular flexibility index (Phi) is 5.81. The number of fused-ring (bicyclic) bond motifs is 1. The number of carboxylic acids is 1.